The lowest BCUT2D eigenvalue weighted by Gasteiger charge is -2.09. The first-order valence-electron chi connectivity index (χ1n) is 7.15. The summed E-state index contributed by atoms with van der Waals surface area (Å²) < 4.78 is 4.30. The molecule has 0 aliphatic rings. The largest absolute Gasteiger partial charge is 0.345 e. The number of aryl methyl sites for hydroxylation is 1. The first-order valence-corrected chi connectivity index (χ1v) is 8.76. The van der Waals surface area contributed by atoms with E-state index in [9.17, 15) is 4.79 Å². The van der Waals surface area contributed by atoms with Gasteiger partial charge in [-0.3, -0.25) is 9.78 Å². The van der Waals surface area contributed by atoms with E-state index in [0.29, 0.717) is 12.2 Å². The summed E-state index contributed by atoms with van der Waals surface area (Å²) >= 11 is 5.16. The lowest BCUT2D eigenvalue weighted by atomic mass is 10.3. The average molecular weight is 378 g/mol. The maximum absolute atomic E-state index is 12.5. The third-order valence-corrected chi connectivity index (χ3v) is 4.97. The molecule has 0 atom stereocenters. The molecule has 0 saturated carbocycles. The molecule has 0 fully saturated rings. The average Bonchev–Trinajstić information content (AvgIpc) is 3.04. The van der Waals surface area contributed by atoms with E-state index in [1.807, 2.05) is 24.3 Å². The fourth-order valence-electron chi connectivity index (χ4n) is 2.43. The third kappa shape index (κ3) is 3.08. The van der Waals surface area contributed by atoms with Crippen LogP contribution in [0.4, 0.5) is 0 Å². The Hall–Kier alpha value is -1.66. The van der Waals surface area contributed by atoms with Gasteiger partial charge in [0.1, 0.15) is 5.69 Å². The standard InChI is InChI=1S/C16H16BrN3OS/c1-2-7-20-12-9-15(17)22-14(12)8-13(20)16(21)19-10-11-5-3-4-6-18-11/h3-6,8-9H,2,7,10H2,1H3,(H,19,21). The summed E-state index contributed by atoms with van der Waals surface area (Å²) in [5.41, 5.74) is 2.68. The molecular weight excluding hydrogens is 362 g/mol. The topological polar surface area (TPSA) is 46.9 Å². The van der Waals surface area contributed by atoms with E-state index in [4.69, 9.17) is 0 Å². The lowest BCUT2D eigenvalue weighted by Crippen LogP contribution is -2.25. The van der Waals surface area contributed by atoms with E-state index < -0.39 is 0 Å². The Balaban J connectivity index is 1.83. The third-order valence-electron chi connectivity index (χ3n) is 3.40. The van der Waals surface area contributed by atoms with E-state index in [0.717, 1.165) is 32.7 Å². The molecule has 0 aliphatic carbocycles. The molecule has 0 radical (unpaired) electrons. The summed E-state index contributed by atoms with van der Waals surface area (Å²) in [6.45, 7) is 3.39. The summed E-state index contributed by atoms with van der Waals surface area (Å²) in [4.78, 5) is 16.7. The molecule has 3 aromatic heterocycles. The second-order valence-corrected chi connectivity index (χ2v) is 7.45. The monoisotopic (exact) mass is 377 g/mol. The zero-order chi connectivity index (χ0) is 15.5. The van der Waals surface area contributed by atoms with Crippen LogP contribution in [-0.2, 0) is 13.1 Å². The molecule has 1 N–H and O–H groups in total. The molecule has 1 amide bonds. The van der Waals surface area contributed by atoms with Crippen LogP contribution >= 0.6 is 27.3 Å². The molecule has 0 spiro atoms. The number of hydrogen-bond acceptors (Lipinski definition) is 3. The predicted octanol–water partition coefficient (Wildman–Crippen LogP) is 4.20. The van der Waals surface area contributed by atoms with Crippen molar-refractivity contribution in [2.24, 2.45) is 0 Å². The van der Waals surface area contributed by atoms with Gasteiger partial charge in [-0.1, -0.05) is 13.0 Å². The summed E-state index contributed by atoms with van der Waals surface area (Å²) in [7, 11) is 0. The van der Waals surface area contributed by atoms with Crippen LogP contribution in [0.2, 0.25) is 0 Å². The van der Waals surface area contributed by atoms with E-state index >= 15 is 0 Å². The number of amides is 1. The molecule has 0 aliphatic heterocycles. The van der Waals surface area contributed by atoms with Gasteiger partial charge in [-0.25, -0.2) is 0 Å². The highest BCUT2D eigenvalue weighted by Crippen LogP contribution is 2.32. The molecule has 3 rings (SSSR count). The Labute approximate surface area is 141 Å². The van der Waals surface area contributed by atoms with Crippen LogP contribution < -0.4 is 5.32 Å². The quantitative estimate of drug-likeness (QED) is 0.723. The maximum Gasteiger partial charge on any atom is 0.268 e. The molecule has 0 aromatic carbocycles. The second-order valence-electron chi connectivity index (χ2n) is 4.98. The molecule has 0 saturated heterocycles. The van der Waals surface area contributed by atoms with Crippen LogP contribution in [0.15, 0.2) is 40.3 Å². The van der Waals surface area contributed by atoms with Crippen LogP contribution in [0.1, 0.15) is 29.5 Å². The van der Waals surface area contributed by atoms with E-state index in [1.165, 1.54) is 0 Å². The smallest absolute Gasteiger partial charge is 0.268 e. The number of carbonyl (C=O) groups is 1. The van der Waals surface area contributed by atoms with Crippen molar-refractivity contribution >= 4 is 43.4 Å². The van der Waals surface area contributed by atoms with Crippen LogP contribution in [0.5, 0.6) is 0 Å². The fourth-order valence-corrected chi connectivity index (χ4v) is 3.99. The molecule has 6 heteroatoms. The minimum absolute atomic E-state index is 0.0568. The molecular formula is C16H16BrN3OS. The molecule has 0 bridgehead atoms. The SMILES string of the molecule is CCCn1c(C(=O)NCc2ccccn2)cc2sc(Br)cc21. The van der Waals surface area contributed by atoms with Gasteiger partial charge in [-0.15, -0.1) is 11.3 Å². The minimum atomic E-state index is -0.0568. The summed E-state index contributed by atoms with van der Waals surface area (Å²) in [6.07, 6.45) is 2.71. The highest BCUT2D eigenvalue weighted by atomic mass is 79.9. The Bertz CT molecular complexity index is 794. The van der Waals surface area contributed by atoms with Gasteiger partial charge < -0.3 is 9.88 Å². The van der Waals surface area contributed by atoms with Gasteiger partial charge in [0.25, 0.3) is 5.91 Å². The van der Waals surface area contributed by atoms with Gasteiger partial charge in [0, 0.05) is 12.7 Å². The van der Waals surface area contributed by atoms with E-state index in [1.54, 1.807) is 17.5 Å². The number of halogens is 1. The van der Waals surface area contributed by atoms with E-state index in [2.05, 4.69) is 43.8 Å². The lowest BCUT2D eigenvalue weighted by molar-refractivity contribution is 0.0941. The highest BCUT2D eigenvalue weighted by Gasteiger charge is 2.17. The Morgan fingerprint density at radius 2 is 2.27 bits per heavy atom. The van der Waals surface area contributed by atoms with E-state index in [-0.39, 0.29) is 5.91 Å². The number of nitrogens with one attached hydrogen (secondary N) is 1. The summed E-state index contributed by atoms with van der Waals surface area (Å²) in [6, 6.07) is 9.73. The molecule has 0 unspecified atom stereocenters. The van der Waals surface area contributed by atoms with Crippen LogP contribution in [0.25, 0.3) is 10.2 Å². The highest BCUT2D eigenvalue weighted by molar-refractivity contribution is 9.11. The number of hydrogen-bond donors (Lipinski definition) is 1. The van der Waals surface area contributed by atoms with Gasteiger partial charge in [0.2, 0.25) is 0 Å². The summed E-state index contributed by atoms with van der Waals surface area (Å²) in [5.74, 6) is -0.0568. The number of rotatable bonds is 5. The minimum Gasteiger partial charge on any atom is -0.345 e. The molecule has 4 nitrogen and oxygen atoms in total. The Morgan fingerprint density at radius 1 is 1.41 bits per heavy atom. The van der Waals surface area contributed by atoms with Crippen LogP contribution in [0, 0.1) is 0 Å². The second kappa shape index (κ2) is 6.62. The van der Waals surface area contributed by atoms with Gasteiger partial charge in [0.15, 0.2) is 0 Å². The van der Waals surface area contributed by atoms with Crippen molar-refractivity contribution in [2.45, 2.75) is 26.4 Å². The molecule has 3 aromatic rings. The molecule has 22 heavy (non-hydrogen) atoms. The van der Waals surface area contributed by atoms with Gasteiger partial charge in [-0.05, 0) is 46.6 Å². The van der Waals surface area contributed by atoms with Crippen molar-refractivity contribution in [3.8, 4) is 0 Å². The summed E-state index contributed by atoms with van der Waals surface area (Å²) in [5, 5.41) is 2.95. The van der Waals surface area contributed by atoms with Gasteiger partial charge in [0.05, 0.1) is 26.2 Å². The number of fused-ring (bicyclic) bond motifs is 1. The van der Waals surface area contributed by atoms with Crippen LogP contribution in [-0.4, -0.2) is 15.5 Å². The number of carbonyl (C=O) groups excluding carboxylic acids is 1. The van der Waals surface area contributed by atoms with Crippen molar-refractivity contribution in [3.05, 3.63) is 51.7 Å². The first kappa shape index (κ1) is 15.2. The zero-order valence-corrected chi connectivity index (χ0v) is 14.6. The van der Waals surface area contributed by atoms with Gasteiger partial charge in [-0.2, -0.15) is 0 Å². The van der Waals surface area contributed by atoms with Crippen molar-refractivity contribution < 1.29 is 4.79 Å². The Kier molecular flexibility index (Phi) is 4.59. The van der Waals surface area contributed by atoms with Crippen molar-refractivity contribution in [3.63, 3.8) is 0 Å². The van der Waals surface area contributed by atoms with Crippen molar-refractivity contribution in [2.75, 3.05) is 0 Å². The number of thiophene rings is 1. The number of nitrogens with zero attached hydrogens (tertiary/aromatic N) is 2. The predicted molar refractivity (Wildman–Crippen MR) is 93.2 cm³/mol. The number of pyridine rings is 1. The number of aromatic nitrogens is 2. The van der Waals surface area contributed by atoms with Crippen molar-refractivity contribution in [1.29, 1.82) is 0 Å². The normalized spacial score (nSPS) is 11.0. The molecule has 3 heterocycles. The van der Waals surface area contributed by atoms with Crippen LogP contribution in [0.3, 0.4) is 0 Å². The first-order chi connectivity index (χ1) is 10.7. The Morgan fingerprint density at radius 3 is 3.00 bits per heavy atom. The zero-order valence-electron chi connectivity index (χ0n) is 12.2. The fraction of sp³-hybridized carbons (Fsp3) is 0.250. The van der Waals surface area contributed by atoms with Gasteiger partial charge >= 0.3 is 0 Å². The molecule has 114 valence electrons. The maximum atomic E-state index is 12.5. The van der Waals surface area contributed by atoms with Crippen molar-refractivity contribution in [1.82, 2.24) is 14.9 Å².